The average molecular weight is 418 g/mol. The second kappa shape index (κ2) is 8.55. The van der Waals surface area contributed by atoms with Gasteiger partial charge in [0.15, 0.2) is 11.5 Å². The summed E-state index contributed by atoms with van der Waals surface area (Å²) in [4.78, 5) is 23.0. The molecule has 0 bridgehead atoms. The number of nitro groups is 1. The predicted octanol–water partition coefficient (Wildman–Crippen LogP) is 3.95. The molecule has 156 valence electrons. The Bertz CT molecular complexity index is 1080. The molecular weight excluding hydrogens is 402 g/mol. The summed E-state index contributed by atoms with van der Waals surface area (Å²) < 4.78 is 35.7. The second-order valence-corrected chi connectivity index (χ2v) is 6.05. The lowest BCUT2D eigenvalue weighted by Gasteiger charge is -2.12. The molecule has 3 rings (SSSR count). The number of carbonyl (C=O) groups excluding carboxylic acids is 1. The molecule has 0 radical (unpaired) electrons. The molecule has 1 heterocycles. The lowest BCUT2D eigenvalue weighted by atomic mass is 10.2. The van der Waals surface area contributed by atoms with E-state index in [9.17, 15) is 23.7 Å². The van der Waals surface area contributed by atoms with Crippen LogP contribution in [0.2, 0.25) is 0 Å². The first kappa shape index (κ1) is 20.7. The van der Waals surface area contributed by atoms with Gasteiger partial charge in [-0.3, -0.25) is 14.9 Å². The van der Waals surface area contributed by atoms with Crippen molar-refractivity contribution in [2.24, 2.45) is 0 Å². The number of anilines is 1. The number of halogens is 2. The van der Waals surface area contributed by atoms with Gasteiger partial charge in [-0.05, 0) is 37.3 Å². The van der Waals surface area contributed by atoms with Crippen molar-refractivity contribution in [3.63, 3.8) is 0 Å². The Balaban J connectivity index is 1.86. The van der Waals surface area contributed by atoms with E-state index < -0.39 is 17.4 Å². The molecule has 0 spiro atoms. The van der Waals surface area contributed by atoms with E-state index >= 15 is 0 Å². The number of hydrogen-bond acceptors (Lipinski definition) is 6. The van der Waals surface area contributed by atoms with Crippen molar-refractivity contribution >= 4 is 17.4 Å². The van der Waals surface area contributed by atoms with Crippen LogP contribution in [0.4, 0.5) is 20.3 Å². The van der Waals surface area contributed by atoms with Gasteiger partial charge in [0.25, 0.3) is 11.6 Å². The number of nitrogens with one attached hydrogen (secondary N) is 1. The molecule has 1 N–H and O–H groups in total. The monoisotopic (exact) mass is 418 g/mol. The zero-order valence-electron chi connectivity index (χ0n) is 15.8. The normalized spacial score (nSPS) is 10.7. The molecule has 0 saturated heterocycles. The van der Waals surface area contributed by atoms with Gasteiger partial charge >= 0.3 is 6.61 Å². The molecule has 9 nitrogen and oxygen atoms in total. The molecule has 1 amide bonds. The number of nitro benzene ring substituents is 1. The maximum absolute atomic E-state index is 12.7. The van der Waals surface area contributed by atoms with Gasteiger partial charge in [-0.25, -0.2) is 4.68 Å². The topological polar surface area (TPSA) is 109 Å². The van der Waals surface area contributed by atoms with E-state index in [0.29, 0.717) is 17.2 Å². The van der Waals surface area contributed by atoms with E-state index in [0.717, 1.165) is 0 Å². The van der Waals surface area contributed by atoms with Crippen LogP contribution in [-0.2, 0) is 0 Å². The summed E-state index contributed by atoms with van der Waals surface area (Å²) in [6, 6.07) is 11.1. The molecule has 1 aromatic heterocycles. The number of hydrogen-bond donors (Lipinski definition) is 1. The van der Waals surface area contributed by atoms with E-state index in [1.165, 1.54) is 54.3 Å². The van der Waals surface area contributed by atoms with Crippen LogP contribution in [0.25, 0.3) is 5.69 Å². The average Bonchev–Trinajstić information content (AvgIpc) is 3.07. The van der Waals surface area contributed by atoms with Crippen LogP contribution in [-0.4, -0.2) is 34.3 Å². The Labute approximate surface area is 169 Å². The molecule has 3 aromatic rings. The lowest BCUT2D eigenvalue weighted by molar-refractivity contribution is -0.384. The second-order valence-electron chi connectivity index (χ2n) is 6.05. The summed E-state index contributed by atoms with van der Waals surface area (Å²) in [6.07, 6.45) is 0. The Hall–Kier alpha value is -4.02. The maximum Gasteiger partial charge on any atom is 0.387 e. The standard InChI is InChI=1S/C19H16F2N4O5/c1-11-9-17(24(23-11)13-4-6-14(7-5-13)25(27)28)22-18(26)12-3-8-15(30-19(20)21)16(10-12)29-2/h3-10,19H,1-2H3,(H,22,26). The number of nitrogens with zero attached hydrogens (tertiary/aromatic N) is 3. The van der Waals surface area contributed by atoms with Crippen molar-refractivity contribution in [2.45, 2.75) is 13.5 Å². The highest BCUT2D eigenvalue weighted by molar-refractivity contribution is 6.04. The number of alkyl halides is 2. The highest BCUT2D eigenvalue weighted by Crippen LogP contribution is 2.30. The molecule has 30 heavy (non-hydrogen) atoms. The number of aromatic nitrogens is 2. The highest BCUT2D eigenvalue weighted by Gasteiger charge is 2.17. The smallest absolute Gasteiger partial charge is 0.387 e. The van der Waals surface area contributed by atoms with Gasteiger partial charge in [0, 0.05) is 23.8 Å². The zero-order valence-corrected chi connectivity index (χ0v) is 15.8. The summed E-state index contributed by atoms with van der Waals surface area (Å²) in [5.41, 5.74) is 1.16. The third-order valence-corrected chi connectivity index (χ3v) is 4.02. The van der Waals surface area contributed by atoms with E-state index in [1.807, 2.05) is 0 Å². The van der Waals surface area contributed by atoms with Gasteiger partial charge in [0.1, 0.15) is 5.82 Å². The summed E-state index contributed by atoms with van der Waals surface area (Å²) >= 11 is 0. The van der Waals surface area contributed by atoms with Crippen LogP contribution in [0.3, 0.4) is 0 Å². The molecular formula is C19H16F2N4O5. The van der Waals surface area contributed by atoms with Crippen molar-refractivity contribution in [3.8, 4) is 17.2 Å². The number of aryl methyl sites for hydroxylation is 1. The number of rotatable bonds is 7. The molecule has 0 aliphatic rings. The number of ether oxygens (including phenoxy) is 2. The number of amides is 1. The van der Waals surface area contributed by atoms with Gasteiger partial charge in [0.05, 0.1) is 23.4 Å². The first-order valence-corrected chi connectivity index (χ1v) is 8.54. The van der Waals surface area contributed by atoms with Crippen LogP contribution in [0.5, 0.6) is 11.5 Å². The highest BCUT2D eigenvalue weighted by atomic mass is 19.3. The quantitative estimate of drug-likeness (QED) is 0.460. The van der Waals surface area contributed by atoms with Crippen LogP contribution >= 0.6 is 0 Å². The fraction of sp³-hybridized carbons (Fsp3) is 0.158. The van der Waals surface area contributed by atoms with Crippen molar-refractivity contribution in [1.29, 1.82) is 0 Å². The van der Waals surface area contributed by atoms with Crippen molar-refractivity contribution in [1.82, 2.24) is 9.78 Å². The van der Waals surface area contributed by atoms with Gasteiger partial charge < -0.3 is 14.8 Å². The molecule has 0 atom stereocenters. The van der Waals surface area contributed by atoms with Gasteiger partial charge in [-0.2, -0.15) is 13.9 Å². The van der Waals surface area contributed by atoms with Crippen LogP contribution < -0.4 is 14.8 Å². The number of benzene rings is 2. The van der Waals surface area contributed by atoms with E-state index in [4.69, 9.17) is 4.74 Å². The Morgan fingerprint density at radius 2 is 1.87 bits per heavy atom. The van der Waals surface area contributed by atoms with E-state index in [2.05, 4.69) is 15.2 Å². The minimum absolute atomic E-state index is 0.0250. The van der Waals surface area contributed by atoms with Crippen molar-refractivity contribution < 1.29 is 28.0 Å². The summed E-state index contributed by atoms with van der Waals surface area (Å²) in [7, 11) is 1.27. The Kier molecular flexibility index (Phi) is 5.90. The van der Waals surface area contributed by atoms with Crippen molar-refractivity contribution in [2.75, 3.05) is 12.4 Å². The molecule has 0 aliphatic heterocycles. The molecule has 0 aliphatic carbocycles. The number of carbonyl (C=O) groups is 1. The van der Waals surface area contributed by atoms with Gasteiger partial charge in [-0.1, -0.05) is 0 Å². The predicted molar refractivity (Wildman–Crippen MR) is 103 cm³/mol. The summed E-state index contributed by atoms with van der Waals surface area (Å²) in [6.45, 7) is -1.31. The first-order chi connectivity index (χ1) is 14.3. The fourth-order valence-corrected chi connectivity index (χ4v) is 2.69. The minimum atomic E-state index is -3.03. The molecule has 0 unspecified atom stereocenters. The third kappa shape index (κ3) is 4.51. The SMILES string of the molecule is COc1cc(C(=O)Nc2cc(C)nn2-c2ccc([N+](=O)[O-])cc2)ccc1OC(F)F. The molecule has 0 fully saturated rings. The number of non-ortho nitro benzene ring substituents is 1. The van der Waals surface area contributed by atoms with Crippen LogP contribution in [0.1, 0.15) is 16.1 Å². The lowest BCUT2D eigenvalue weighted by Crippen LogP contribution is -2.15. The fourth-order valence-electron chi connectivity index (χ4n) is 2.69. The number of methoxy groups -OCH3 is 1. The van der Waals surface area contributed by atoms with Gasteiger partial charge in [0.2, 0.25) is 0 Å². The summed E-state index contributed by atoms with van der Waals surface area (Å²) in [5, 5.41) is 17.8. The summed E-state index contributed by atoms with van der Waals surface area (Å²) in [5.74, 6) is -0.447. The molecule has 2 aromatic carbocycles. The van der Waals surface area contributed by atoms with Crippen molar-refractivity contribution in [3.05, 3.63) is 69.9 Å². The molecule has 0 saturated carbocycles. The van der Waals surface area contributed by atoms with Crippen LogP contribution in [0.15, 0.2) is 48.5 Å². The van der Waals surface area contributed by atoms with E-state index in [-0.39, 0.29) is 22.7 Å². The maximum atomic E-state index is 12.7. The minimum Gasteiger partial charge on any atom is -0.493 e. The van der Waals surface area contributed by atoms with E-state index in [1.54, 1.807) is 13.0 Å². The third-order valence-electron chi connectivity index (χ3n) is 4.02. The zero-order chi connectivity index (χ0) is 21.8. The Morgan fingerprint density at radius 1 is 1.17 bits per heavy atom. The Morgan fingerprint density at radius 3 is 2.47 bits per heavy atom. The van der Waals surface area contributed by atoms with Gasteiger partial charge in [-0.15, -0.1) is 0 Å². The molecule has 11 heteroatoms. The largest absolute Gasteiger partial charge is 0.493 e. The first-order valence-electron chi connectivity index (χ1n) is 8.54. The van der Waals surface area contributed by atoms with Crippen LogP contribution in [0, 0.1) is 17.0 Å².